The molecule has 0 amide bonds. The minimum atomic E-state index is -3.92. The number of nitrogens with zero attached hydrogens (tertiary/aromatic N) is 3. The van der Waals surface area contributed by atoms with E-state index in [1.807, 2.05) is 66.3 Å². The Labute approximate surface area is 222 Å². The number of hydrogen-bond donors (Lipinski definition) is 3. The summed E-state index contributed by atoms with van der Waals surface area (Å²) >= 11 is 0. The summed E-state index contributed by atoms with van der Waals surface area (Å²) in [7, 11) is -5.30. The van der Waals surface area contributed by atoms with Crippen LogP contribution in [0.3, 0.4) is 0 Å². The molecule has 0 aliphatic heterocycles. The zero-order valence-corrected chi connectivity index (χ0v) is 23.1. The van der Waals surface area contributed by atoms with Gasteiger partial charge in [0.15, 0.2) is 0 Å². The summed E-state index contributed by atoms with van der Waals surface area (Å²) in [6.07, 6.45) is 2.76. The minimum Gasteiger partial charge on any atom is -0.748 e. The summed E-state index contributed by atoms with van der Waals surface area (Å²) in [6, 6.07) is 21.1. The summed E-state index contributed by atoms with van der Waals surface area (Å²) < 4.78 is 54.5. The van der Waals surface area contributed by atoms with Gasteiger partial charge in [-0.15, -0.1) is 5.43 Å². The van der Waals surface area contributed by atoms with E-state index in [0.29, 0.717) is 11.9 Å². The van der Waals surface area contributed by atoms with Crippen molar-refractivity contribution in [2.75, 3.05) is 41.6 Å². The smallest absolute Gasteiger partial charge is 0.229 e. The van der Waals surface area contributed by atoms with E-state index in [-0.39, 0.29) is 0 Å². The van der Waals surface area contributed by atoms with Crippen molar-refractivity contribution in [3.63, 3.8) is 0 Å². The number of aromatic nitrogens is 1. The molecule has 0 unspecified atom stereocenters. The first-order valence-electron chi connectivity index (χ1n) is 11.6. The van der Waals surface area contributed by atoms with Crippen LogP contribution in [-0.4, -0.2) is 57.2 Å². The Balaban J connectivity index is 0.000000732. The maximum Gasteiger partial charge on any atom is 0.229 e. The van der Waals surface area contributed by atoms with E-state index >= 15 is 0 Å². The topological polar surface area (TPSA) is 156 Å². The number of sulfonamides is 1. The summed E-state index contributed by atoms with van der Waals surface area (Å²) in [5.74, 6) is 0. The largest absolute Gasteiger partial charge is 0.748 e. The molecule has 0 radical (unpaired) electrons. The van der Waals surface area contributed by atoms with Crippen LogP contribution in [0.25, 0.3) is 21.8 Å². The average molecular weight is 559 g/mol. The molecule has 3 N–H and O–H groups in total. The van der Waals surface area contributed by atoms with E-state index in [1.54, 1.807) is 12.1 Å². The molecule has 0 saturated carbocycles. The van der Waals surface area contributed by atoms with Crippen LogP contribution in [0.1, 0.15) is 13.3 Å². The predicted octanol–water partition coefficient (Wildman–Crippen LogP) is 4.50. The molecule has 38 heavy (non-hydrogen) atoms. The number of fused-ring (bicyclic) bond motifs is 2. The van der Waals surface area contributed by atoms with Gasteiger partial charge in [-0.1, -0.05) is 25.1 Å². The second-order valence-corrected chi connectivity index (χ2v) is 11.8. The zero-order chi connectivity index (χ0) is 27.9. The fraction of sp³-hybridized carbons (Fsp3) is 0.240. The SMILES string of the molecule is CCC[N+](C)=NNc1ccc2c(Nc3ccc(NS(C)(=O)=O)cc3)c3ccccc3nc2c1.CS(=O)(=O)[O-]. The minimum absolute atomic E-state index is 0.514. The molecule has 0 spiro atoms. The third-order valence-corrected chi connectivity index (χ3v) is 5.64. The van der Waals surface area contributed by atoms with Crippen molar-refractivity contribution in [3.05, 3.63) is 66.7 Å². The second kappa shape index (κ2) is 12.2. The Bertz CT molecular complexity index is 1660. The number of nitrogens with one attached hydrogen (secondary N) is 3. The molecule has 0 fully saturated rings. The molecule has 1 aromatic heterocycles. The van der Waals surface area contributed by atoms with Gasteiger partial charge in [-0.05, 0) is 48.9 Å². The second-order valence-electron chi connectivity index (χ2n) is 8.61. The van der Waals surface area contributed by atoms with E-state index < -0.39 is 20.1 Å². The summed E-state index contributed by atoms with van der Waals surface area (Å²) in [5, 5.41) is 9.83. The highest BCUT2D eigenvalue weighted by atomic mass is 32.2. The van der Waals surface area contributed by atoms with Gasteiger partial charge in [0.25, 0.3) is 0 Å². The lowest BCUT2D eigenvalue weighted by Gasteiger charge is -2.14. The summed E-state index contributed by atoms with van der Waals surface area (Å²) in [5.41, 5.74) is 7.96. The summed E-state index contributed by atoms with van der Waals surface area (Å²) in [6.45, 7) is 2.98. The van der Waals surface area contributed by atoms with Gasteiger partial charge in [0.05, 0.1) is 45.4 Å². The van der Waals surface area contributed by atoms with Crippen molar-refractivity contribution in [3.8, 4) is 0 Å². The van der Waals surface area contributed by atoms with Gasteiger partial charge in [-0.3, -0.25) is 4.72 Å². The van der Waals surface area contributed by atoms with Crippen molar-refractivity contribution in [2.45, 2.75) is 13.3 Å². The quantitative estimate of drug-likeness (QED) is 0.0939. The molecule has 3 aromatic carbocycles. The molecule has 4 aromatic rings. The lowest BCUT2D eigenvalue weighted by molar-refractivity contribution is -0.565. The number of benzene rings is 3. The molecule has 4 rings (SSSR count). The van der Waals surface area contributed by atoms with Crippen LogP contribution in [0, 0.1) is 0 Å². The van der Waals surface area contributed by atoms with Gasteiger partial charge in [-0.2, -0.15) is 4.70 Å². The highest BCUT2D eigenvalue weighted by molar-refractivity contribution is 7.92. The molecule has 13 heteroatoms. The molecule has 0 atom stereocenters. The maximum absolute atomic E-state index is 11.5. The predicted molar refractivity (Wildman–Crippen MR) is 150 cm³/mol. The third-order valence-electron chi connectivity index (χ3n) is 5.04. The van der Waals surface area contributed by atoms with Crippen LogP contribution < -0.4 is 15.5 Å². The van der Waals surface area contributed by atoms with E-state index in [9.17, 15) is 8.42 Å². The zero-order valence-electron chi connectivity index (χ0n) is 21.5. The highest BCUT2D eigenvalue weighted by Gasteiger charge is 2.12. The van der Waals surface area contributed by atoms with Crippen LogP contribution in [0.2, 0.25) is 0 Å². The standard InChI is InChI=1S/C24H26N6O2S.CH4O3S/c1-4-15-30(2)29-27-19-13-14-21-23(16-19)26-22-8-6-5-7-20(22)24(21)25-17-9-11-18(12-10-17)28-33(3,31)32;1-5(2,3)4/h5-14,16H,4,15H2,1-3H3,(H2,25,26,27,28,29);1H3,(H,2,3,4). The lowest BCUT2D eigenvalue weighted by atomic mass is 10.1. The fourth-order valence-electron chi connectivity index (χ4n) is 3.59. The van der Waals surface area contributed by atoms with Crippen LogP contribution in [0.5, 0.6) is 0 Å². The van der Waals surface area contributed by atoms with E-state index in [1.165, 1.54) is 0 Å². The molecule has 0 bridgehead atoms. The maximum atomic E-state index is 11.5. The molecule has 0 saturated heterocycles. The van der Waals surface area contributed by atoms with Gasteiger partial charge in [0, 0.05) is 34.5 Å². The first-order chi connectivity index (χ1) is 17.8. The lowest BCUT2D eigenvalue weighted by Crippen LogP contribution is -2.09. The van der Waals surface area contributed by atoms with Crippen LogP contribution >= 0.6 is 0 Å². The van der Waals surface area contributed by atoms with Gasteiger partial charge >= 0.3 is 0 Å². The van der Waals surface area contributed by atoms with Crippen molar-refractivity contribution < 1.29 is 26.1 Å². The number of rotatable bonds is 8. The highest BCUT2D eigenvalue weighted by Crippen LogP contribution is 2.34. The fourth-order valence-corrected chi connectivity index (χ4v) is 4.16. The van der Waals surface area contributed by atoms with E-state index in [0.717, 1.165) is 58.1 Å². The van der Waals surface area contributed by atoms with Crippen LogP contribution in [0.4, 0.5) is 22.7 Å². The molecule has 202 valence electrons. The van der Waals surface area contributed by atoms with Crippen LogP contribution in [-0.2, 0) is 20.1 Å². The molecular formula is C25H30N6O5S2. The Morgan fingerprint density at radius 2 is 1.45 bits per heavy atom. The van der Waals surface area contributed by atoms with Gasteiger partial charge < -0.3 is 9.87 Å². The molecule has 1 heterocycles. The molecular weight excluding hydrogens is 528 g/mol. The van der Waals surface area contributed by atoms with E-state index in [4.69, 9.17) is 18.0 Å². The monoisotopic (exact) mass is 558 g/mol. The number of pyridine rings is 1. The summed E-state index contributed by atoms with van der Waals surface area (Å²) in [4.78, 5) is 4.85. The Hall–Kier alpha value is -3.81. The normalized spacial score (nSPS) is 12.1. The number of anilines is 4. The average Bonchev–Trinajstić information content (AvgIpc) is 2.82. The van der Waals surface area contributed by atoms with Crippen molar-refractivity contribution in [2.24, 2.45) is 5.22 Å². The first kappa shape index (κ1) is 28.8. The molecule has 0 aliphatic carbocycles. The van der Waals surface area contributed by atoms with Crippen molar-refractivity contribution >= 4 is 64.7 Å². The van der Waals surface area contributed by atoms with Crippen molar-refractivity contribution in [1.29, 1.82) is 0 Å². The molecule has 11 nitrogen and oxygen atoms in total. The number of hydrogen-bond acceptors (Lipinski definition) is 8. The third kappa shape index (κ3) is 8.94. The number of para-hydroxylation sites is 1. The first-order valence-corrected chi connectivity index (χ1v) is 15.3. The molecule has 0 aliphatic rings. The Morgan fingerprint density at radius 1 is 0.868 bits per heavy atom. The van der Waals surface area contributed by atoms with Crippen molar-refractivity contribution in [1.82, 2.24) is 4.98 Å². The Morgan fingerprint density at radius 3 is 2.08 bits per heavy atom. The van der Waals surface area contributed by atoms with Crippen LogP contribution in [0.15, 0.2) is 72.0 Å². The van der Waals surface area contributed by atoms with E-state index in [2.05, 4.69) is 27.6 Å². The van der Waals surface area contributed by atoms with Gasteiger partial charge in [0.1, 0.15) is 12.2 Å². The Kier molecular flexibility index (Phi) is 9.20. The van der Waals surface area contributed by atoms with Gasteiger partial charge in [0.2, 0.25) is 10.0 Å². The van der Waals surface area contributed by atoms with Gasteiger partial charge in [-0.25, -0.2) is 21.8 Å².